The van der Waals surface area contributed by atoms with E-state index < -0.39 is 11.5 Å². The van der Waals surface area contributed by atoms with Crippen molar-refractivity contribution >= 4 is 23.3 Å². The lowest BCUT2D eigenvalue weighted by atomic mass is 9.59. The Morgan fingerprint density at radius 1 is 1.04 bits per heavy atom. The summed E-state index contributed by atoms with van der Waals surface area (Å²) in [4.78, 5) is 22.5. The topological polar surface area (TPSA) is 87.2 Å². The van der Waals surface area contributed by atoms with Gasteiger partial charge in [-0.05, 0) is 136 Å². The minimum atomic E-state index is -1.05. The second-order valence-electron chi connectivity index (χ2n) is 15.5. The quantitative estimate of drug-likeness (QED) is 0.204. The molecule has 2 heterocycles. The summed E-state index contributed by atoms with van der Waals surface area (Å²) in [6.45, 7) is 8.91. The number of pyridine rings is 1. The fraction of sp³-hybridized carbons (Fsp3) is 0.561. The Hall–Kier alpha value is -3.33. The summed E-state index contributed by atoms with van der Waals surface area (Å²) >= 11 is 6.29. The third kappa shape index (κ3) is 7.49. The zero-order valence-electron chi connectivity index (χ0n) is 29.8. The number of hydrogen-bond acceptors (Lipinski definition) is 7. The highest BCUT2D eigenvalue weighted by atomic mass is 35.5. The second-order valence-corrected chi connectivity index (χ2v) is 15.9. The smallest absolute Gasteiger partial charge is 0.329 e. The number of carboxylic acids is 1. The first-order valence-electron chi connectivity index (χ1n) is 18.8. The Balaban J connectivity index is 1.09. The fourth-order valence-corrected chi connectivity index (χ4v) is 9.38. The number of aryl methyl sites for hydroxylation is 1. The number of likely N-dealkylation sites (N-methyl/N-ethyl adjacent to an activating group) is 1. The predicted octanol–water partition coefficient (Wildman–Crippen LogP) is 7.26. The Labute approximate surface area is 302 Å². The van der Waals surface area contributed by atoms with Crippen LogP contribution in [-0.4, -0.2) is 84.4 Å². The van der Waals surface area contributed by atoms with E-state index in [0.29, 0.717) is 42.9 Å². The molecule has 2 fully saturated rings. The van der Waals surface area contributed by atoms with Crippen molar-refractivity contribution in [2.24, 2.45) is 11.8 Å². The van der Waals surface area contributed by atoms with Gasteiger partial charge in [-0.2, -0.15) is 0 Å². The van der Waals surface area contributed by atoms with Crippen molar-refractivity contribution in [1.29, 1.82) is 0 Å². The van der Waals surface area contributed by atoms with Crippen LogP contribution in [0.2, 0.25) is 5.02 Å². The summed E-state index contributed by atoms with van der Waals surface area (Å²) in [5, 5.41) is 14.6. The van der Waals surface area contributed by atoms with Gasteiger partial charge in [0.15, 0.2) is 0 Å². The molecule has 2 atom stereocenters. The molecule has 1 saturated heterocycles. The Morgan fingerprint density at radius 3 is 2.62 bits per heavy atom. The van der Waals surface area contributed by atoms with Crippen molar-refractivity contribution in [2.45, 2.75) is 82.1 Å². The zero-order chi connectivity index (χ0) is 34.7. The molecule has 268 valence electrons. The van der Waals surface area contributed by atoms with Gasteiger partial charge in [0.25, 0.3) is 0 Å². The number of nitrogens with one attached hydrogen (secondary N) is 1. The molecular weight excluding hydrogens is 648 g/mol. The lowest BCUT2D eigenvalue weighted by Crippen LogP contribution is -2.53. The van der Waals surface area contributed by atoms with E-state index in [-0.39, 0.29) is 5.41 Å². The molecule has 4 aliphatic rings. The molecular formula is C41H53ClN4O4. The van der Waals surface area contributed by atoms with Gasteiger partial charge in [0, 0.05) is 60.9 Å². The molecule has 1 aromatic heterocycles. The van der Waals surface area contributed by atoms with E-state index >= 15 is 0 Å². The molecule has 0 bridgehead atoms. The van der Waals surface area contributed by atoms with Crippen LogP contribution in [0.5, 0.6) is 11.5 Å². The number of nitrogens with zero attached hydrogens (tertiary/aromatic N) is 3. The van der Waals surface area contributed by atoms with E-state index in [2.05, 4.69) is 52.3 Å². The molecule has 2 aromatic carbocycles. The lowest BCUT2D eigenvalue weighted by Gasteiger charge is -2.47. The first kappa shape index (κ1) is 35.1. The minimum Gasteiger partial charge on any atom is -0.493 e. The van der Waals surface area contributed by atoms with Gasteiger partial charge in [-0.15, -0.1) is 0 Å². The number of rotatable bonds is 12. The Bertz CT molecular complexity index is 1650. The summed E-state index contributed by atoms with van der Waals surface area (Å²) in [5.41, 5.74) is 4.81. The van der Waals surface area contributed by atoms with Gasteiger partial charge >= 0.3 is 5.97 Å². The van der Waals surface area contributed by atoms with Crippen LogP contribution in [0.1, 0.15) is 74.3 Å². The standard InChI is InChI=1S/C41H53ClN4O4/c1-29(28-50-38-12-17-43-37-9-4-3-8-35(37)38)24-31-25-30-10-11-34(49-23-22-46-20-18-45(2)19-21-46)27-36(30)40(31)13-15-41(16-14-40,39(47)48)44-33-7-5-6-32(42)26-33/h5-7,10-12,17,26-27,29,31,44H,3-4,8-9,13-16,18-25,28H2,1-2H3,(H,47,48)/t29-,31?,40?,41?/m1/s1. The van der Waals surface area contributed by atoms with E-state index in [1.165, 1.54) is 35.2 Å². The molecule has 1 saturated carbocycles. The number of carbonyl (C=O) groups is 1. The van der Waals surface area contributed by atoms with E-state index in [0.717, 1.165) is 88.4 Å². The zero-order valence-corrected chi connectivity index (χ0v) is 30.5. The number of ether oxygens (including phenoxy) is 2. The molecule has 50 heavy (non-hydrogen) atoms. The molecule has 3 aliphatic carbocycles. The summed E-state index contributed by atoms with van der Waals surface area (Å²) in [6, 6.07) is 16.1. The summed E-state index contributed by atoms with van der Waals surface area (Å²) in [5.74, 6) is 1.85. The van der Waals surface area contributed by atoms with Crippen LogP contribution in [0, 0.1) is 11.8 Å². The molecule has 8 nitrogen and oxygen atoms in total. The Kier molecular flexibility index (Phi) is 10.6. The number of aliphatic carboxylic acids is 1. The van der Waals surface area contributed by atoms with Crippen molar-refractivity contribution < 1.29 is 19.4 Å². The van der Waals surface area contributed by atoms with Gasteiger partial charge in [0.2, 0.25) is 0 Å². The highest BCUT2D eigenvalue weighted by molar-refractivity contribution is 6.30. The summed E-state index contributed by atoms with van der Waals surface area (Å²) in [6.07, 6.45) is 11.0. The number of carboxylic acid groups (broad SMARTS) is 1. The number of hydrogen-bond donors (Lipinski definition) is 2. The molecule has 0 amide bonds. The maximum absolute atomic E-state index is 13.0. The van der Waals surface area contributed by atoms with Gasteiger partial charge < -0.3 is 24.8 Å². The van der Waals surface area contributed by atoms with E-state index in [4.69, 9.17) is 21.1 Å². The lowest BCUT2D eigenvalue weighted by molar-refractivity contribution is -0.144. The van der Waals surface area contributed by atoms with Crippen molar-refractivity contribution in [3.63, 3.8) is 0 Å². The van der Waals surface area contributed by atoms with Crippen LogP contribution in [0.3, 0.4) is 0 Å². The van der Waals surface area contributed by atoms with Crippen molar-refractivity contribution in [3.05, 3.63) is 82.1 Å². The van der Waals surface area contributed by atoms with Crippen LogP contribution in [0.15, 0.2) is 54.7 Å². The highest BCUT2D eigenvalue weighted by Crippen LogP contribution is 2.56. The van der Waals surface area contributed by atoms with Gasteiger partial charge in [0.1, 0.15) is 23.6 Å². The van der Waals surface area contributed by atoms with Crippen LogP contribution >= 0.6 is 11.6 Å². The number of halogens is 1. The normalized spacial score (nSPS) is 25.9. The van der Waals surface area contributed by atoms with Gasteiger partial charge in [-0.25, -0.2) is 4.79 Å². The van der Waals surface area contributed by atoms with E-state index in [9.17, 15) is 9.90 Å². The van der Waals surface area contributed by atoms with Crippen molar-refractivity contribution in [1.82, 2.24) is 14.8 Å². The number of fused-ring (bicyclic) bond motifs is 3. The first-order valence-corrected chi connectivity index (χ1v) is 19.1. The molecule has 3 aromatic rings. The average Bonchev–Trinajstić information content (AvgIpc) is 3.40. The van der Waals surface area contributed by atoms with Gasteiger partial charge in [-0.3, -0.25) is 9.88 Å². The number of anilines is 1. The molecule has 1 spiro atoms. The molecule has 9 heteroatoms. The molecule has 0 radical (unpaired) electrons. The Morgan fingerprint density at radius 2 is 1.84 bits per heavy atom. The SMILES string of the molecule is C[C@@H](COc1ccnc2c1CCCC2)CC1Cc2ccc(OCCN3CCN(C)CC3)cc2C12CCC(Nc1cccc(Cl)c1)(C(=O)O)CC2. The molecule has 7 rings (SSSR count). The van der Waals surface area contributed by atoms with Crippen LogP contribution in [0.25, 0.3) is 0 Å². The van der Waals surface area contributed by atoms with Crippen LogP contribution < -0.4 is 14.8 Å². The van der Waals surface area contributed by atoms with Crippen molar-refractivity contribution in [3.8, 4) is 11.5 Å². The largest absolute Gasteiger partial charge is 0.493 e. The van der Waals surface area contributed by atoms with Gasteiger partial charge in [0.05, 0.1) is 6.61 Å². The fourth-order valence-electron chi connectivity index (χ4n) is 9.19. The van der Waals surface area contributed by atoms with E-state index in [1.54, 1.807) is 0 Å². The summed E-state index contributed by atoms with van der Waals surface area (Å²) < 4.78 is 12.9. The maximum atomic E-state index is 13.0. The number of benzene rings is 2. The highest BCUT2D eigenvalue weighted by Gasteiger charge is 2.54. The van der Waals surface area contributed by atoms with E-state index in [1.807, 2.05) is 36.5 Å². The maximum Gasteiger partial charge on any atom is 0.329 e. The first-order chi connectivity index (χ1) is 24.2. The molecule has 1 aliphatic heterocycles. The number of aromatic nitrogens is 1. The molecule has 2 N–H and O–H groups in total. The average molecular weight is 701 g/mol. The minimum absolute atomic E-state index is 0.120. The van der Waals surface area contributed by atoms with Gasteiger partial charge in [-0.1, -0.05) is 30.7 Å². The molecule has 1 unspecified atom stereocenters. The van der Waals surface area contributed by atoms with Crippen molar-refractivity contribution in [2.75, 3.05) is 58.3 Å². The monoisotopic (exact) mass is 700 g/mol. The predicted molar refractivity (Wildman–Crippen MR) is 199 cm³/mol. The summed E-state index contributed by atoms with van der Waals surface area (Å²) in [7, 11) is 2.18. The van der Waals surface area contributed by atoms with Crippen LogP contribution in [-0.2, 0) is 29.5 Å². The van der Waals surface area contributed by atoms with Crippen LogP contribution in [0.4, 0.5) is 5.69 Å². The third-order valence-corrected chi connectivity index (χ3v) is 12.4. The third-order valence-electron chi connectivity index (χ3n) is 12.2. The second kappa shape index (κ2) is 15.1. The number of piperazine rings is 1.